The number of benzene rings is 3. The molecule has 5 heteroatoms. The van der Waals surface area contributed by atoms with Crippen molar-refractivity contribution >= 4 is 10.8 Å². The number of rotatable bonds is 6. The first kappa shape index (κ1) is 20.2. The first-order chi connectivity index (χ1) is 13.3. The van der Waals surface area contributed by atoms with E-state index in [1.807, 2.05) is 24.3 Å². The molecule has 3 aromatic carbocycles. The maximum absolute atomic E-state index is 12.9. The molecule has 0 spiro atoms. The van der Waals surface area contributed by atoms with Crippen LogP contribution in [0.25, 0.3) is 10.8 Å². The molecule has 0 aliphatic heterocycles. The average Bonchev–Trinajstić information content (AvgIpc) is 2.70. The van der Waals surface area contributed by atoms with Gasteiger partial charge in [-0.3, -0.25) is 0 Å². The van der Waals surface area contributed by atoms with Crippen molar-refractivity contribution in [3.63, 3.8) is 0 Å². The summed E-state index contributed by atoms with van der Waals surface area (Å²) in [6.45, 7) is 4.32. The van der Waals surface area contributed by atoms with Crippen molar-refractivity contribution in [2.45, 2.75) is 38.7 Å². The summed E-state index contributed by atoms with van der Waals surface area (Å²) < 4.78 is 50.0. The minimum absolute atomic E-state index is 0.481. The van der Waals surface area contributed by atoms with Crippen LogP contribution in [-0.4, -0.2) is 7.11 Å². The smallest absolute Gasteiger partial charge is 0.416 e. The van der Waals surface area contributed by atoms with E-state index in [1.165, 1.54) is 18.7 Å². The molecule has 3 rings (SSSR count). The molecule has 0 N–H and O–H groups in total. The molecule has 28 heavy (non-hydrogen) atoms. The van der Waals surface area contributed by atoms with E-state index in [9.17, 15) is 13.2 Å². The summed E-state index contributed by atoms with van der Waals surface area (Å²) >= 11 is 0. The third kappa shape index (κ3) is 4.47. The molecule has 0 saturated heterocycles. The van der Waals surface area contributed by atoms with Crippen LogP contribution in [0.4, 0.5) is 13.2 Å². The lowest BCUT2D eigenvalue weighted by Crippen LogP contribution is -2.10. The Kier molecular flexibility index (Phi) is 5.94. The number of methoxy groups -OCH3 is 1. The summed E-state index contributed by atoms with van der Waals surface area (Å²) in [6.07, 6.45) is -3.94. The molecule has 148 valence electrons. The number of alkyl halides is 3. The summed E-state index contributed by atoms with van der Waals surface area (Å²) in [5.41, 5.74) is 1.32. The van der Waals surface area contributed by atoms with Crippen LogP contribution in [-0.2, 0) is 10.9 Å². The molecule has 0 aromatic heterocycles. The van der Waals surface area contributed by atoms with Gasteiger partial charge in [0.1, 0.15) is 5.75 Å². The Morgan fingerprint density at radius 2 is 1.46 bits per heavy atom. The third-order valence-corrected chi connectivity index (χ3v) is 4.98. The molecule has 2 unspecified atom stereocenters. The van der Waals surface area contributed by atoms with Crippen LogP contribution in [0.5, 0.6) is 5.75 Å². The van der Waals surface area contributed by atoms with Crippen molar-refractivity contribution in [1.29, 1.82) is 0 Å². The number of halogens is 3. The second kappa shape index (κ2) is 8.23. The summed E-state index contributed by atoms with van der Waals surface area (Å²) in [5, 5.41) is 1.22. The number of fused-ring (bicyclic) bond motifs is 1. The maximum Gasteiger partial charge on any atom is 0.416 e. The van der Waals surface area contributed by atoms with E-state index in [2.05, 4.69) is 13.8 Å². The second-order valence-corrected chi connectivity index (χ2v) is 6.88. The highest BCUT2D eigenvalue weighted by Crippen LogP contribution is 2.33. The summed E-state index contributed by atoms with van der Waals surface area (Å²) in [5.74, 6) is 1.15. The minimum Gasteiger partial charge on any atom is -0.461 e. The SMILES string of the molecule is CCC(C)c1ccc(OC(OC)c2ccc3cc(C(F)(F)F)ccc3c2)cc1. The fourth-order valence-corrected chi connectivity index (χ4v) is 3.07. The molecule has 3 aromatic rings. The Bertz CT molecular complexity index is 933. The van der Waals surface area contributed by atoms with Crippen molar-refractivity contribution in [3.05, 3.63) is 77.4 Å². The standard InChI is InChI=1S/C23H23F3O2/c1-4-15(2)16-8-11-21(12-9-16)28-22(27-3)19-6-5-18-14-20(23(24,25)26)10-7-17(18)13-19/h5-15,22H,4H2,1-3H3. The normalized spacial score (nSPS) is 14.1. The molecule has 0 radical (unpaired) electrons. The van der Waals surface area contributed by atoms with Crippen molar-refractivity contribution in [1.82, 2.24) is 0 Å². The predicted molar refractivity (Wildman–Crippen MR) is 104 cm³/mol. The number of ether oxygens (including phenoxy) is 2. The molecule has 0 bridgehead atoms. The van der Waals surface area contributed by atoms with Crippen LogP contribution in [0.2, 0.25) is 0 Å². The summed E-state index contributed by atoms with van der Waals surface area (Å²) in [4.78, 5) is 0. The van der Waals surface area contributed by atoms with Crippen LogP contribution in [0.15, 0.2) is 60.7 Å². The van der Waals surface area contributed by atoms with Gasteiger partial charge in [-0.1, -0.05) is 44.2 Å². The van der Waals surface area contributed by atoms with Crippen LogP contribution in [0.1, 0.15) is 49.2 Å². The van der Waals surface area contributed by atoms with Crippen LogP contribution < -0.4 is 4.74 Å². The Morgan fingerprint density at radius 1 is 0.857 bits per heavy atom. The van der Waals surface area contributed by atoms with Gasteiger partial charge in [-0.2, -0.15) is 13.2 Å². The largest absolute Gasteiger partial charge is 0.461 e. The van der Waals surface area contributed by atoms with Crippen molar-refractivity contribution in [2.75, 3.05) is 7.11 Å². The fraction of sp³-hybridized carbons (Fsp3) is 0.304. The quantitative estimate of drug-likeness (QED) is 0.420. The van der Waals surface area contributed by atoms with Gasteiger partial charge in [0.25, 0.3) is 0 Å². The lowest BCUT2D eigenvalue weighted by atomic mass is 9.99. The maximum atomic E-state index is 12.9. The molecular weight excluding hydrogens is 365 g/mol. The van der Waals surface area contributed by atoms with Crippen molar-refractivity contribution in [2.24, 2.45) is 0 Å². The van der Waals surface area contributed by atoms with Gasteiger partial charge in [-0.15, -0.1) is 0 Å². The Labute approximate surface area is 162 Å². The van der Waals surface area contributed by atoms with Crippen LogP contribution in [0.3, 0.4) is 0 Å². The van der Waals surface area contributed by atoms with E-state index in [0.29, 0.717) is 22.4 Å². The Balaban J connectivity index is 1.82. The molecule has 2 atom stereocenters. The first-order valence-corrected chi connectivity index (χ1v) is 9.22. The molecule has 0 saturated carbocycles. The van der Waals surface area contributed by atoms with Gasteiger partial charge in [0.05, 0.1) is 5.56 Å². The van der Waals surface area contributed by atoms with E-state index in [-0.39, 0.29) is 0 Å². The van der Waals surface area contributed by atoms with Gasteiger partial charge in [-0.05, 0) is 59.0 Å². The highest BCUT2D eigenvalue weighted by molar-refractivity contribution is 5.84. The van der Waals surface area contributed by atoms with E-state index in [4.69, 9.17) is 9.47 Å². The highest BCUT2D eigenvalue weighted by atomic mass is 19.4. The number of hydrogen-bond donors (Lipinski definition) is 0. The van der Waals surface area contributed by atoms with E-state index < -0.39 is 18.0 Å². The van der Waals surface area contributed by atoms with Gasteiger partial charge in [0, 0.05) is 12.7 Å². The zero-order chi connectivity index (χ0) is 20.3. The van der Waals surface area contributed by atoms with Crippen LogP contribution in [0, 0.1) is 0 Å². The van der Waals surface area contributed by atoms with Crippen molar-refractivity contribution in [3.8, 4) is 5.75 Å². The van der Waals surface area contributed by atoms with Gasteiger partial charge in [0.2, 0.25) is 6.29 Å². The fourth-order valence-electron chi connectivity index (χ4n) is 3.07. The molecular formula is C23H23F3O2. The molecule has 0 amide bonds. The van der Waals surface area contributed by atoms with E-state index in [1.54, 1.807) is 18.2 Å². The molecule has 0 aliphatic rings. The first-order valence-electron chi connectivity index (χ1n) is 9.22. The topological polar surface area (TPSA) is 18.5 Å². The zero-order valence-electron chi connectivity index (χ0n) is 16.1. The lowest BCUT2D eigenvalue weighted by Gasteiger charge is -2.19. The van der Waals surface area contributed by atoms with Gasteiger partial charge < -0.3 is 9.47 Å². The number of hydrogen-bond acceptors (Lipinski definition) is 2. The zero-order valence-corrected chi connectivity index (χ0v) is 16.1. The van der Waals surface area contributed by atoms with E-state index in [0.717, 1.165) is 24.1 Å². The van der Waals surface area contributed by atoms with Gasteiger partial charge in [0.15, 0.2) is 0 Å². The van der Waals surface area contributed by atoms with Gasteiger partial charge in [-0.25, -0.2) is 0 Å². The third-order valence-electron chi connectivity index (χ3n) is 4.98. The molecule has 2 nitrogen and oxygen atoms in total. The minimum atomic E-state index is -4.35. The summed E-state index contributed by atoms with van der Waals surface area (Å²) in [6, 6.07) is 16.8. The highest BCUT2D eigenvalue weighted by Gasteiger charge is 2.30. The Hall–Kier alpha value is -2.53. The monoisotopic (exact) mass is 388 g/mol. The summed E-state index contributed by atoms with van der Waals surface area (Å²) in [7, 11) is 1.54. The lowest BCUT2D eigenvalue weighted by molar-refractivity contribution is -0.137. The average molecular weight is 388 g/mol. The van der Waals surface area contributed by atoms with E-state index >= 15 is 0 Å². The van der Waals surface area contributed by atoms with Gasteiger partial charge >= 0.3 is 6.18 Å². The van der Waals surface area contributed by atoms with Crippen molar-refractivity contribution < 1.29 is 22.6 Å². The Morgan fingerprint density at radius 3 is 2.07 bits per heavy atom. The molecule has 0 heterocycles. The predicted octanol–water partition coefficient (Wildman–Crippen LogP) is 7.10. The second-order valence-electron chi connectivity index (χ2n) is 6.88. The molecule has 0 fully saturated rings. The molecule has 0 aliphatic carbocycles. The van der Waals surface area contributed by atoms with Crippen LogP contribution >= 0.6 is 0 Å².